The molecule has 0 aliphatic heterocycles. The van der Waals surface area contributed by atoms with Gasteiger partial charge in [-0.25, -0.2) is 0 Å². The first kappa shape index (κ1) is 21.6. The van der Waals surface area contributed by atoms with Crippen LogP contribution in [0.15, 0.2) is 29.2 Å². The summed E-state index contributed by atoms with van der Waals surface area (Å²) in [6.45, 7) is 2.14. The van der Waals surface area contributed by atoms with Gasteiger partial charge in [0.05, 0.1) is 18.6 Å². The molecule has 0 spiro atoms. The highest BCUT2D eigenvalue weighted by Gasteiger charge is 2.14. The fraction of sp³-hybridized carbons (Fsp3) is 0.632. The first-order valence-electron chi connectivity index (χ1n) is 8.98. The first-order valence-corrected chi connectivity index (χ1v) is 10.4. The van der Waals surface area contributed by atoms with E-state index in [2.05, 4.69) is 4.74 Å². The smallest absolute Gasteiger partial charge is 0.305 e. The Balaban J connectivity index is 2.01. The van der Waals surface area contributed by atoms with E-state index in [0.29, 0.717) is 6.42 Å². The quantitative estimate of drug-likeness (QED) is 0.293. The highest BCUT2D eigenvalue weighted by atomic mass is 32.2. The molecule has 142 valence electrons. The second kappa shape index (κ2) is 12.0. The Bertz CT molecular complexity index is 593. The average Bonchev–Trinajstić information content (AvgIpc) is 2.59. The molecule has 1 rings (SSSR count). The number of benzene rings is 1. The van der Waals surface area contributed by atoms with Crippen LogP contribution in [-0.4, -0.2) is 28.1 Å². The number of ether oxygens (including phenoxy) is 1. The van der Waals surface area contributed by atoms with E-state index in [9.17, 15) is 13.2 Å². The molecule has 0 aromatic heterocycles. The van der Waals surface area contributed by atoms with Gasteiger partial charge < -0.3 is 4.74 Å². The highest BCUT2D eigenvalue weighted by molar-refractivity contribution is 7.86. The molecular formula is C19H30O5S. The lowest BCUT2D eigenvalue weighted by Crippen LogP contribution is -2.07. The van der Waals surface area contributed by atoms with Crippen molar-refractivity contribution in [3.8, 4) is 0 Å². The van der Waals surface area contributed by atoms with Gasteiger partial charge >= 0.3 is 5.97 Å². The van der Waals surface area contributed by atoms with Crippen LogP contribution in [0.5, 0.6) is 0 Å². The molecule has 0 amide bonds. The van der Waals surface area contributed by atoms with Crippen LogP contribution in [0.2, 0.25) is 0 Å². The fourth-order valence-corrected chi connectivity index (χ4v) is 3.42. The van der Waals surface area contributed by atoms with Crippen LogP contribution in [0.4, 0.5) is 0 Å². The summed E-state index contributed by atoms with van der Waals surface area (Å²) in [5.74, 6) is -0.138. The number of carbonyl (C=O) groups is 1. The summed E-state index contributed by atoms with van der Waals surface area (Å²) in [5, 5.41) is 0. The lowest BCUT2D eigenvalue weighted by molar-refractivity contribution is -0.140. The minimum atomic E-state index is -3.63. The molecule has 0 saturated carbocycles. The van der Waals surface area contributed by atoms with Crippen molar-refractivity contribution in [2.45, 2.75) is 69.6 Å². The van der Waals surface area contributed by atoms with Crippen molar-refractivity contribution in [2.75, 3.05) is 13.7 Å². The maximum absolute atomic E-state index is 12.0. The van der Waals surface area contributed by atoms with Gasteiger partial charge in [-0.1, -0.05) is 56.2 Å². The second-order valence-corrected chi connectivity index (χ2v) is 7.86. The van der Waals surface area contributed by atoms with Gasteiger partial charge in [-0.3, -0.25) is 8.98 Å². The zero-order valence-corrected chi connectivity index (χ0v) is 16.1. The highest BCUT2D eigenvalue weighted by Crippen LogP contribution is 2.15. The third-order valence-corrected chi connectivity index (χ3v) is 5.38. The van der Waals surface area contributed by atoms with Gasteiger partial charge in [-0.15, -0.1) is 0 Å². The molecular weight excluding hydrogens is 340 g/mol. The third-order valence-electron chi connectivity index (χ3n) is 4.05. The summed E-state index contributed by atoms with van der Waals surface area (Å²) >= 11 is 0. The number of unbranched alkanes of at least 4 members (excludes halogenated alkanes) is 7. The molecule has 25 heavy (non-hydrogen) atoms. The van der Waals surface area contributed by atoms with E-state index >= 15 is 0 Å². The molecule has 0 aliphatic rings. The van der Waals surface area contributed by atoms with Crippen molar-refractivity contribution in [1.29, 1.82) is 0 Å². The van der Waals surface area contributed by atoms with Gasteiger partial charge in [0.1, 0.15) is 0 Å². The van der Waals surface area contributed by atoms with E-state index in [-0.39, 0.29) is 17.5 Å². The Morgan fingerprint density at radius 2 is 1.40 bits per heavy atom. The van der Waals surface area contributed by atoms with Crippen molar-refractivity contribution >= 4 is 16.1 Å². The lowest BCUT2D eigenvalue weighted by Gasteiger charge is -2.06. The molecule has 0 aliphatic carbocycles. The summed E-state index contributed by atoms with van der Waals surface area (Å²) < 4.78 is 33.7. The van der Waals surface area contributed by atoms with Gasteiger partial charge in [0.25, 0.3) is 10.1 Å². The number of aryl methyl sites for hydroxylation is 1. The Morgan fingerprint density at radius 3 is 1.96 bits per heavy atom. The van der Waals surface area contributed by atoms with E-state index in [4.69, 9.17) is 4.18 Å². The predicted molar refractivity (Wildman–Crippen MR) is 97.9 cm³/mol. The summed E-state index contributed by atoms with van der Waals surface area (Å²) in [5.41, 5.74) is 1.02. The molecule has 0 fully saturated rings. The predicted octanol–water partition coefficient (Wildman–Crippen LogP) is 4.38. The summed E-state index contributed by atoms with van der Waals surface area (Å²) in [6.07, 6.45) is 8.61. The molecule has 0 bridgehead atoms. The first-order chi connectivity index (χ1) is 12.0. The van der Waals surface area contributed by atoms with Crippen LogP contribution in [0.1, 0.15) is 63.4 Å². The standard InChI is InChI=1S/C19H30O5S/c1-17-12-14-18(15-13-17)25(21,22)24-16-10-8-6-4-3-5-7-9-11-19(20)23-2/h12-15H,3-11,16H2,1-2H3. The van der Waals surface area contributed by atoms with Gasteiger partial charge in [-0.05, 0) is 31.9 Å². The van der Waals surface area contributed by atoms with Crippen LogP contribution in [-0.2, 0) is 23.8 Å². The summed E-state index contributed by atoms with van der Waals surface area (Å²) in [6, 6.07) is 6.68. The monoisotopic (exact) mass is 370 g/mol. The van der Waals surface area contributed by atoms with Crippen molar-refractivity contribution in [2.24, 2.45) is 0 Å². The molecule has 5 nitrogen and oxygen atoms in total. The van der Waals surface area contributed by atoms with Gasteiger partial charge in [0.2, 0.25) is 0 Å². The van der Waals surface area contributed by atoms with Gasteiger partial charge in [0.15, 0.2) is 0 Å². The Morgan fingerprint density at radius 1 is 0.880 bits per heavy atom. The van der Waals surface area contributed by atoms with Crippen LogP contribution in [0, 0.1) is 6.92 Å². The maximum atomic E-state index is 12.0. The molecule has 0 saturated heterocycles. The molecule has 1 aromatic rings. The fourth-order valence-electron chi connectivity index (χ4n) is 2.48. The number of hydrogen-bond acceptors (Lipinski definition) is 5. The van der Waals surface area contributed by atoms with Crippen molar-refractivity contribution < 1.29 is 22.1 Å². The topological polar surface area (TPSA) is 69.7 Å². The normalized spacial score (nSPS) is 11.4. The molecule has 0 heterocycles. The number of esters is 1. The van der Waals surface area contributed by atoms with E-state index in [1.807, 2.05) is 6.92 Å². The van der Waals surface area contributed by atoms with E-state index in [0.717, 1.165) is 56.9 Å². The van der Waals surface area contributed by atoms with E-state index < -0.39 is 10.1 Å². The zero-order valence-electron chi connectivity index (χ0n) is 15.3. The van der Waals surface area contributed by atoms with Crippen LogP contribution in [0.3, 0.4) is 0 Å². The minimum Gasteiger partial charge on any atom is -0.469 e. The van der Waals surface area contributed by atoms with Gasteiger partial charge in [0, 0.05) is 6.42 Å². The summed E-state index contributed by atoms with van der Waals surface area (Å²) in [7, 11) is -2.22. The van der Waals surface area contributed by atoms with Crippen molar-refractivity contribution in [3.63, 3.8) is 0 Å². The number of methoxy groups -OCH3 is 1. The lowest BCUT2D eigenvalue weighted by atomic mass is 10.1. The molecule has 0 atom stereocenters. The molecule has 0 unspecified atom stereocenters. The third kappa shape index (κ3) is 9.60. The average molecular weight is 371 g/mol. The van der Waals surface area contributed by atoms with Crippen molar-refractivity contribution in [1.82, 2.24) is 0 Å². The van der Waals surface area contributed by atoms with Crippen LogP contribution < -0.4 is 0 Å². The second-order valence-electron chi connectivity index (χ2n) is 6.24. The van der Waals surface area contributed by atoms with Gasteiger partial charge in [-0.2, -0.15) is 8.42 Å². The molecule has 0 radical (unpaired) electrons. The molecule has 6 heteroatoms. The summed E-state index contributed by atoms with van der Waals surface area (Å²) in [4.78, 5) is 11.2. The maximum Gasteiger partial charge on any atom is 0.305 e. The van der Waals surface area contributed by atoms with Crippen LogP contribution in [0.25, 0.3) is 0 Å². The van der Waals surface area contributed by atoms with Crippen molar-refractivity contribution in [3.05, 3.63) is 29.8 Å². The minimum absolute atomic E-state index is 0.138. The van der Waals surface area contributed by atoms with E-state index in [1.165, 1.54) is 7.11 Å². The number of hydrogen-bond donors (Lipinski definition) is 0. The Hall–Kier alpha value is -1.40. The Kier molecular flexibility index (Phi) is 10.4. The van der Waals surface area contributed by atoms with E-state index in [1.54, 1.807) is 24.3 Å². The molecule has 0 N–H and O–H groups in total. The molecule has 1 aromatic carbocycles. The van der Waals surface area contributed by atoms with Crippen LogP contribution >= 0.6 is 0 Å². The number of rotatable bonds is 13. The largest absolute Gasteiger partial charge is 0.469 e. The number of carbonyl (C=O) groups excluding carboxylic acids is 1. The zero-order chi connectivity index (χ0) is 18.5. The SMILES string of the molecule is COC(=O)CCCCCCCCCCOS(=O)(=O)c1ccc(C)cc1. The Labute approximate surface area is 151 Å².